The highest BCUT2D eigenvalue weighted by atomic mass is 35.5. The average molecular weight is 418 g/mol. The molecular formula is C21H21Cl2N3O2. The standard InChI is InChI=1S/C12H13ClN2O.C9H8ClNO/c1-15(2)7-9-4-3-8-5-6-10(13)14-11(8)12(9)16;10-8-5-4-6-2-1-3-7(12)9(6)11-8/h5-7H,3-4H2,1-2H3;4-5H,1-3H2/b9-7+;. The van der Waals surface area contributed by atoms with E-state index in [9.17, 15) is 9.59 Å². The van der Waals surface area contributed by atoms with Gasteiger partial charge in [0.05, 0.1) is 0 Å². The van der Waals surface area contributed by atoms with Gasteiger partial charge in [-0.25, -0.2) is 9.97 Å². The number of Topliss-reactive ketones (excluding diaryl/α,β-unsaturated/α-hetero) is 2. The molecule has 146 valence electrons. The highest BCUT2D eigenvalue weighted by Crippen LogP contribution is 2.25. The summed E-state index contributed by atoms with van der Waals surface area (Å²) < 4.78 is 0. The smallest absolute Gasteiger partial charge is 0.209 e. The molecule has 0 spiro atoms. The van der Waals surface area contributed by atoms with Crippen molar-refractivity contribution >= 4 is 34.8 Å². The predicted octanol–water partition coefficient (Wildman–Crippen LogP) is 4.56. The number of aryl methyl sites for hydroxylation is 2. The number of nitrogens with zero attached hydrogens (tertiary/aromatic N) is 3. The summed E-state index contributed by atoms with van der Waals surface area (Å²) in [4.78, 5) is 33.4. The lowest BCUT2D eigenvalue weighted by atomic mass is 9.91. The zero-order chi connectivity index (χ0) is 20.3. The van der Waals surface area contributed by atoms with Crippen LogP contribution in [0.5, 0.6) is 0 Å². The molecule has 2 heterocycles. The van der Waals surface area contributed by atoms with Crippen LogP contribution in [0.15, 0.2) is 36.0 Å². The van der Waals surface area contributed by atoms with E-state index in [1.165, 1.54) is 0 Å². The molecule has 2 aromatic rings. The number of hydrogen-bond donors (Lipinski definition) is 0. The molecule has 0 aliphatic heterocycles. The first-order valence-electron chi connectivity index (χ1n) is 9.11. The Kier molecular flexibility index (Phi) is 6.47. The number of hydrogen-bond acceptors (Lipinski definition) is 5. The van der Waals surface area contributed by atoms with Gasteiger partial charge in [0.25, 0.3) is 0 Å². The predicted molar refractivity (Wildman–Crippen MR) is 110 cm³/mol. The van der Waals surface area contributed by atoms with Crippen molar-refractivity contribution in [2.45, 2.75) is 32.1 Å². The molecule has 0 N–H and O–H groups in total. The van der Waals surface area contributed by atoms with E-state index in [1.807, 2.05) is 37.3 Å². The summed E-state index contributed by atoms with van der Waals surface area (Å²) in [6.45, 7) is 0. The minimum absolute atomic E-state index is 0.00236. The highest BCUT2D eigenvalue weighted by molar-refractivity contribution is 6.30. The third-order valence-corrected chi connectivity index (χ3v) is 5.01. The number of pyridine rings is 2. The van der Waals surface area contributed by atoms with Gasteiger partial charge in [-0.2, -0.15) is 0 Å². The Balaban J connectivity index is 0.000000167. The molecule has 0 saturated heterocycles. The summed E-state index contributed by atoms with van der Waals surface area (Å²) in [5, 5.41) is 0.780. The number of fused-ring (bicyclic) bond motifs is 2. The van der Waals surface area contributed by atoms with Crippen LogP contribution in [0.4, 0.5) is 0 Å². The van der Waals surface area contributed by atoms with Crippen molar-refractivity contribution in [2.75, 3.05) is 14.1 Å². The fourth-order valence-electron chi connectivity index (χ4n) is 3.30. The number of carbonyl (C=O) groups excluding carboxylic acids is 2. The molecule has 0 radical (unpaired) electrons. The van der Waals surface area contributed by atoms with E-state index < -0.39 is 0 Å². The van der Waals surface area contributed by atoms with Crippen LogP contribution in [0, 0.1) is 0 Å². The lowest BCUT2D eigenvalue weighted by Gasteiger charge is -2.18. The molecule has 0 fully saturated rings. The van der Waals surface area contributed by atoms with Crippen LogP contribution in [0.25, 0.3) is 0 Å². The largest absolute Gasteiger partial charge is 0.383 e. The van der Waals surface area contributed by atoms with Gasteiger partial charge in [0.1, 0.15) is 21.7 Å². The highest BCUT2D eigenvalue weighted by Gasteiger charge is 2.23. The number of halogens is 2. The fourth-order valence-corrected chi connectivity index (χ4v) is 3.59. The van der Waals surface area contributed by atoms with Gasteiger partial charge < -0.3 is 4.90 Å². The molecule has 0 saturated carbocycles. The van der Waals surface area contributed by atoms with Crippen molar-refractivity contribution in [3.05, 3.63) is 68.9 Å². The lowest BCUT2D eigenvalue weighted by molar-refractivity contribution is 0.0966. The van der Waals surface area contributed by atoms with E-state index >= 15 is 0 Å². The summed E-state index contributed by atoms with van der Waals surface area (Å²) in [5.41, 5.74) is 3.91. The number of carbonyl (C=O) groups is 2. The van der Waals surface area contributed by atoms with Crippen molar-refractivity contribution in [3.63, 3.8) is 0 Å². The van der Waals surface area contributed by atoms with Crippen LogP contribution < -0.4 is 0 Å². The van der Waals surface area contributed by atoms with Crippen molar-refractivity contribution < 1.29 is 9.59 Å². The first-order valence-corrected chi connectivity index (χ1v) is 9.86. The number of rotatable bonds is 1. The zero-order valence-electron chi connectivity index (χ0n) is 15.8. The molecule has 0 unspecified atom stereocenters. The Morgan fingerprint density at radius 1 is 0.857 bits per heavy atom. The summed E-state index contributed by atoms with van der Waals surface area (Å²) in [5.74, 6) is 0.121. The van der Waals surface area contributed by atoms with E-state index in [0.717, 1.165) is 42.4 Å². The number of allylic oxidation sites excluding steroid dienone is 1. The molecule has 28 heavy (non-hydrogen) atoms. The molecule has 0 atom stereocenters. The fraction of sp³-hybridized carbons (Fsp3) is 0.333. The lowest BCUT2D eigenvalue weighted by Crippen LogP contribution is -2.18. The van der Waals surface area contributed by atoms with E-state index in [2.05, 4.69) is 9.97 Å². The van der Waals surface area contributed by atoms with Crippen molar-refractivity contribution in [3.8, 4) is 0 Å². The molecule has 2 aliphatic carbocycles. The number of ketones is 2. The van der Waals surface area contributed by atoms with Crippen LogP contribution >= 0.6 is 23.2 Å². The molecule has 4 rings (SSSR count). The molecule has 7 heteroatoms. The van der Waals surface area contributed by atoms with Crippen LogP contribution in [0.2, 0.25) is 10.3 Å². The Bertz CT molecular complexity index is 955. The van der Waals surface area contributed by atoms with E-state index in [0.29, 0.717) is 28.1 Å². The van der Waals surface area contributed by atoms with Crippen molar-refractivity contribution in [2.24, 2.45) is 0 Å². The van der Waals surface area contributed by atoms with E-state index in [-0.39, 0.29) is 11.6 Å². The van der Waals surface area contributed by atoms with Crippen molar-refractivity contribution in [1.82, 2.24) is 14.9 Å². The van der Waals surface area contributed by atoms with E-state index in [4.69, 9.17) is 23.2 Å². The summed E-state index contributed by atoms with van der Waals surface area (Å²) >= 11 is 11.5. The summed E-state index contributed by atoms with van der Waals surface area (Å²) in [6, 6.07) is 7.24. The second kappa shape index (κ2) is 8.84. The maximum Gasteiger partial charge on any atom is 0.209 e. The molecule has 0 aromatic carbocycles. The van der Waals surface area contributed by atoms with Gasteiger partial charge in [-0.15, -0.1) is 0 Å². The Morgan fingerprint density at radius 3 is 2.11 bits per heavy atom. The first-order chi connectivity index (χ1) is 13.3. The van der Waals surface area contributed by atoms with Gasteiger partial charge in [-0.1, -0.05) is 35.3 Å². The minimum atomic E-state index is -0.00236. The van der Waals surface area contributed by atoms with Gasteiger partial charge in [-0.05, 0) is 48.9 Å². The Labute approximate surface area is 174 Å². The molecule has 0 amide bonds. The maximum atomic E-state index is 12.1. The monoisotopic (exact) mass is 417 g/mol. The quantitative estimate of drug-likeness (QED) is 0.502. The van der Waals surface area contributed by atoms with Gasteiger partial charge in [0.15, 0.2) is 5.78 Å². The first kappa shape index (κ1) is 20.5. The third-order valence-electron chi connectivity index (χ3n) is 4.59. The van der Waals surface area contributed by atoms with Gasteiger partial charge in [0, 0.05) is 32.3 Å². The van der Waals surface area contributed by atoms with Crippen LogP contribution in [0.1, 0.15) is 51.4 Å². The Hall–Kier alpha value is -2.24. The molecular weight excluding hydrogens is 397 g/mol. The molecule has 5 nitrogen and oxygen atoms in total. The minimum Gasteiger partial charge on any atom is -0.383 e. The third kappa shape index (κ3) is 4.78. The average Bonchev–Trinajstić information content (AvgIpc) is 2.65. The molecule has 2 aromatic heterocycles. The van der Waals surface area contributed by atoms with Crippen LogP contribution in [-0.4, -0.2) is 40.5 Å². The maximum absolute atomic E-state index is 12.1. The normalized spacial score (nSPS) is 16.8. The van der Waals surface area contributed by atoms with Gasteiger partial charge in [0.2, 0.25) is 5.78 Å². The number of aromatic nitrogens is 2. The molecule has 2 aliphatic rings. The SMILES string of the molecule is CN(C)/C=C1\CCc2ccc(Cl)nc2C1=O.O=C1CCCc2ccc(Cl)nc21. The van der Waals surface area contributed by atoms with Crippen LogP contribution in [0.3, 0.4) is 0 Å². The van der Waals surface area contributed by atoms with Crippen LogP contribution in [-0.2, 0) is 12.8 Å². The van der Waals surface area contributed by atoms with E-state index in [1.54, 1.807) is 12.1 Å². The van der Waals surface area contributed by atoms with Gasteiger partial charge >= 0.3 is 0 Å². The topological polar surface area (TPSA) is 63.2 Å². The zero-order valence-corrected chi connectivity index (χ0v) is 17.3. The Morgan fingerprint density at radius 2 is 1.46 bits per heavy atom. The second-order valence-corrected chi connectivity index (χ2v) is 7.78. The summed E-state index contributed by atoms with van der Waals surface area (Å²) in [6.07, 6.45) is 5.98. The second-order valence-electron chi connectivity index (χ2n) is 7.01. The molecule has 0 bridgehead atoms. The van der Waals surface area contributed by atoms with Gasteiger partial charge in [-0.3, -0.25) is 9.59 Å². The summed E-state index contributed by atoms with van der Waals surface area (Å²) in [7, 11) is 3.81. The van der Waals surface area contributed by atoms with Crippen molar-refractivity contribution in [1.29, 1.82) is 0 Å².